The lowest BCUT2D eigenvalue weighted by Crippen LogP contribution is -2.59. The number of hydrogen-bond acceptors (Lipinski definition) is 5. The van der Waals surface area contributed by atoms with Gasteiger partial charge in [0.25, 0.3) is 0 Å². The van der Waals surface area contributed by atoms with Crippen LogP contribution in [0.4, 0.5) is 4.79 Å². The van der Waals surface area contributed by atoms with Crippen molar-refractivity contribution in [2.75, 3.05) is 19.8 Å². The number of nitrogens with zero attached hydrogens (tertiary/aromatic N) is 1. The van der Waals surface area contributed by atoms with E-state index in [1.54, 1.807) is 0 Å². The van der Waals surface area contributed by atoms with Crippen molar-refractivity contribution in [3.05, 3.63) is 0 Å². The van der Waals surface area contributed by atoms with Crippen LogP contribution in [0.1, 0.15) is 6.42 Å². The standard InChI is InChI=1S/C10H16N4O6/c11-7(15)3-5(9(17)18)13-10(19)14-1-2-20-4-6(14)8(12)16/h5-6H,1-4H2,(H2,11,15)(H2,12,16)(H,13,19)(H,17,18)/t5-,6?/m0/s1. The molecule has 4 amide bonds. The SMILES string of the molecule is NC(=O)C[C@H](NC(=O)N1CCOCC1C(N)=O)C(=O)O. The molecule has 0 aliphatic carbocycles. The number of nitrogens with one attached hydrogen (secondary N) is 1. The van der Waals surface area contributed by atoms with Gasteiger partial charge in [0, 0.05) is 6.54 Å². The molecule has 1 fully saturated rings. The molecule has 1 aliphatic rings. The number of carboxylic acids is 1. The van der Waals surface area contributed by atoms with Gasteiger partial charge in [0.15, 0.2) is 0 Å². The summed E-state index contributed by atoms with van der Waals surface area (Å²) in [5, 5.41) is 11.0. The van der Waals surface area contributed by atoms with Gasteiger partial charge in [-0.15, -0.1) is 0 Å². The number of carbonyl (C=O) groups excluding carboxylic acids is 3. The van der Waals surface area contributed by atoms with Crippen LogP contribution in [0.15, 0.2) is 0 Å². The molecule has 0 aromatic heterocycles. The molecule has 10 heteroatoms. The van der Waals surface area contributed by atoms with Crippen molar-refractivity contribution in [1.82, 2.24) is 10.2 Å². The van der Waals surface area contributed by atoms with Gasteiger partial charge in [-0.25, -0.2) is 9.59 Å². The monoisotopic (exact) mass is 288 g/mol. The van der Waals surface area contributed by atoms with Crippen molar-refractivity contribution in [2.45, 2.75) is 18.5 Å². The predicted molar refractivity (Wildman–Crippen MR) is 64.3 cm³/mol. The van der Waals surface area contributed by atoms with E-state index in [-0.39, 0.29) is 19.8 Å². The highest BCUT2D eigenvalue weighted by Gasteiger charge is 2.33. The second kappa shape index (κ2) is 6.70. The summed E-state index contributed by atoms with van der Waals surface area (Å²) in [4.78, 5) is 45.9. The lowest BCUT2D eigenvalue weighted by atomic mass is 10.2. The van der Waals surface area contributed by atoms with Gasteiger partial charge in [-0.05, 0) is 0 Å². The Bertz CT molecular complexity index is 426. The molecule has 0 aromatic rings. The third-order valence-electron chi connectivity index (χ3n) is 2.72. The molecule has 0 bridgehead atoms. The average molecular weight is 288 g/mol. The van der Waals surface area contributed by atoms with Crippen molar-refractivity contribution >= 4 is 23.8 Å². The molecule has 10 nitrogen and oxygen atoms in total. The number of rotatable bonds is 5. The molecular formula is C10H16N4O6. The van der Waals surface area contributed by atoms with Gasteiger partial charge in [-0.2, -0.15) is 0 Å². The van der Waals surface area contributed by atoms with E-state index >= 15 is 0 Å². The lowest BCUT2D eigenvalue weighted by molar-refractivity contribution is -0.141. The highest BCUT2D eigenvalue weighted by molar-refractivity contribution is 5.90. The number of ether oxygens (including phenoxy) is 1. The summed E-state index contributed by atoms with van der Waals surface area (Å²) in [6, 6.07) is -3.26. The van der Waals surface area contributed by atoms with Gasteiger partial charge in [0.1, 0.15) is 12.1 Å². The molecular weight excluding hydrogens is 272 g/mol. The Balaban J connectivity index is 2.73. The minimum Gasteiger partial charge on any atom is -0.480 e. The molecule has 0 aromatic carbocycles. The highest BCUT2D eigenvalue weighted by atomic mass is 16.5. The van der Waals surface area contributed by atoms with Crippen LogP contribution in [-0.2, 0) is 19.1 Å². The average Bonchev–Trinajstić information content (AvgIpc) is 2.37. The number of aliphatic carboxylic acids is 1. The molecule has 2 atom stereocenters. The maximum absolute atomic E-state index is 11.9. The number of urea groups is 1. The number of amides is 4. The third kappa shape index (κ3) is 4.09. The van der Waals surface area contributed by atoms with Crippen LogP contribution in [0.5, 0.6) is 0 Å². The van der Waals surface area contributed by atoms with E-state index in [1.165, 1.54) is 0 Å². The fourth-order valence-corrected chi connectivity index (χ4v) is 1.72. The fraction of sp³-hybridized carbons (Fsp3) is 0.600. The van der Waals surface area contributed by atoms with Crippen molar-refractivity contribution < 1.29 is 29.0 Å². The molecule has 20 heavy (non-hydrogen) atoms. The molecule has 1 rings (SSSR count). The van der Waals surface area contributed by atoms with E-state index < -0.39 is 42.3 Å². The fourth-order valence-electron chi connectivity index (χ4n) is 1.72. The Morgan fingerprint density at radius 2 is 2.00 bits per heavy atom. The zero-order chi connectivity index (χ0) is 15.3. The molecule has 1 unspecified atom stereocenters. The van der Waals surface area contributed by atoms with E-state index in [4.69, 9.17) is 21.3 Å². The second-order valence-corrected chi connectivity index (χ2v) is 4.20. The number of morpholine rings is 1. The molecule has 0 spiro atoms. The van der Waals surface area contributed by atoms with E-state index in [0.29, 0.717) is 0 Å². The van der Waals surface area contributed by atoms with Gasteiger partial charge in [0.05, 0.1) is 19.6 Å². The minimum atomic E-state index is -1.46. The maximum Gasteiger partial charge on any atom is 0.326 e. The smallest absolute Gasteiger partial charge is 0.326 e. The minimum absolute atomic E-state index is 0.0592. The predicted octanol–water partition coefficient (Wildman–Crippen LogP) is -2.79. The number of carboxylic acid groups (broad SMARTS) is 1. The van der Waals surface area contributed by atoms with Gasteiger partial charge >= 0.3 is 12.0 Å². The van der Waals surface area contributed by atoms with E-state index in [2.05, 4.69) is 5.32 Å². The lowest BCUT2D eigenvalue weighted by Gasteiger charge is -2.34. The van der Waals surface area contributed by atoms with Crippen LogP contribution >= 0.6 is 0 Å². The van der Waals surface area contributed by atoms with Crippen LogP contribution in [0, 0.1) is 0 Å². The summed E-state index contributed by atoms with van der Waals surface area (Å²) in [5.74, 6) is -3.03. The molecule has 6 N–H and O–H groups in total. The first-order valence-corrected chi connectivity index (χ1v) is 5.78. The van der Waals surface area contributed by atoms with Gasteiger partial charge in [0.2, 0.25) is 11.8 Å². The van der Waals surface area contributed by atoms with Crippen molar-refractivity contribution in [3.63, 3.8) is 0 Å². The van der Waals surface area contributed by atoms with E-state index in [9.17, 15) is 19.2 Å². The molecule has 1 aliphatic heterocycles. The Kier molecular flexibility index (Phi) is 5.26. The summed E-state index contributed by atoms with van der Waals surface area (Å²) in [5.41, 5.74) is 10.0. The van der Waals surface area contributed by atoms with Crippen LogP contribution in [0.25, 0.3) is 0 Å². The summed E-state index contributed by atoms with van der Waals surface area (Å²) in [7, 11) is 0. The quantitative estimate of drug-likeness (QED) is 0.427. The second-order valence-electron chi connectivity index (χ2n) is 4.20. The van der Waals surface area contributed by atoms with Gasteiger partial charge in [-0.3, -0.25) is 9.59 Å². The van der Waals surface area contributed by atoms with E-state index in [0.717, 1.165) is 4.90 Å². The molecule has 1 saturated heterocycles. The topological polar surface area (TPSA) is 165 Å². The Hall–Kier alpha value is -2.36. The van der Waals surface area contributed by atoms with Gasteiger partial charge < -0.3 is 31.5 Å². The van der Waals surface area contributed by atoms with Crippen LogP contribution in [-0.4, -0.2) is 65.7 Å². The van der Waals surface area contributed by atoms with E-state index in [1.807, 2.05) is 0 Å². The largest absolute Gasteiger partial charge is 0.480 e. The molecule has 1 heterocycles. The molecule has 112 valence electrons. The molecule has 0 saturated carbocycles. The number of carbonyl (C=O) groups is 4. The zero-order valence-electron chi connectivity index (χ0n) is 10.6. The molecule has 0 radical (unpaired) electrons. The number of primary amides is 2. The van der Waals surface area contributed by atoms with Gasteiger partial charge in [-0.1, -0.05) is 0 Å². The van der Waals surface area contributed by atoms with Crippen molar-refractivity contribution in [1.29, 1.82) is 0 Å². The Morgan fingerprint density at radius 1 is 1.35 bits per heavy atom. The zero-order valence-corrected chi connectivity index (χ0v) is 10.6. The normalized spacial score (nSPS) is 20.0. The first-order chi connectivity index (χ1) is 9.32. The van der Waals surface area contributed by atoms with Crippen LogP contribution in [0.2, 0.25) is 0 Å². The highest BCUT2D eigenvalue weighted by Crippen LogP contribution is 2.07. The third-order valence-corrected chi connectivity index (χ3v) is 2.72. The van der Waals surface area contributed by atoms with Crippen molar-refractivity contribution in [2.24, 2.45) is 11.5 Å². The summed E-state index contributed by atoms with van der Waals surface area (Å²) >= 11 is 0. The first-order valence-electron chi connectivity index (χ1n) is 5.78. The summed E-state index contributed by atoms with van der Waals surface area (Å²) in [6.45, 7) is 0.226. The summed E-state index contributed by atoms with van der Waals surface area (Å²) < 4.78 is 5.03. The Labute approximate surface area is 114 Å². The number of hydrogen-bond donors (Lipinski definition) is 4. The maximum atomic E-state index is 11.9. The summed E-state index contributed by atoms with van der Waals surface area (Å²) in [6.07, 6.45) is -0.549. The van der Waals surface area contributed by atoms with Crippen molar-refractivity contribution in [3.8, 4) is 0 Å². The van der Waals surface area contributed by atoms with Crippen LogP contribution in [0.3, 0.4) is 0 Å². The Morgan fingerprint density at radius 3 is 2.50 bits per heavy atom. The van der Waals surface area contributed by atoms with Crippen LogP contribution < -0.4 is 16.8 Å². The first kappa shape index (κ1) is 15.7. The number of nitrogens with two attached hydrogens (primary N) is 2.